The van der Waals surface area contributed by atoms with Crippen molar-refractivity contribution >= 4 is 28.4 Å². The van der Waals surface area contributed by atoms with E-state index in [4.69, 9.17) is 5.73 Å². The lowest BCUT2D eigenvalue weighted by molar-refractivity contribution is -0.169. The molecule has 6 N–H and O–H groups in total. The number of aromatic nitrogens is 1. The van der Waals surface area contributed by atoms with Crippen LogP contribution in [0, 0.1) is 19.7 Å². The number of nitrogens with two attached hydrogens (primary N) is 1. The summed E-state index contributed by atoms with van der Waals surface area (Å²) >= 11 is 0. The number of β-amino-alcohol motifs (C(OH)–C–C–N with tert-alkyl or cyclic N) is 2. The number of aryl methyl sites for hydroxylation is 2. The van der Waals surface area contributed by atoms with Crippen molar-refractivity contribution in [3.8, 4) is 0 Å². The molecule has 0 radical (unpaired) electrons. The molecular formula is C19H23FN4O4. The number of primary amides is 1. The van der Waals surface area contributed by atoms with Gasteiger partial charge in [0.15, 0.2) is 5.79 Å². The van der Waals surface area contributed by atoms with Gasteiger partial charge in [-0.05, 0) is 31.6 Å². The predicted molar refractivity (Wildman–Crippen MR) is 102 cm³/mol. The summed E-state index contributed by atoms with van der Waals surface area (Å²) in [6.45, 7) is 6.82. The topological polar surface area (TPSA) is 132 Å². The van der Waals surface area contributed by atoms with Gasteiger partial charge in [-0.3, -0.25) is 9.59 Å². The van der Waals surface area contributed by atoms with Gasteiger partial charge in [-0.25, -0.2) is 4.39 Å². The Morgan fingerprint density at radius 3 is 2.75 bits per heavy atom. The highest BCUT2D eigenvalue weighted by molar-refractivity contribution is 6.10. The summed E-state index contributed by atoms with van der Waals surface area (Å²) in [7, 11) is 0. The fourth-order valence-electron chi connectivity index (χ4n) is 3.79. The van der Waals surface area contributed by atoms with Gasteiger partial charge in [0.2, 0.25) is 5.91 Å². The summed E-state index contributed by atoms with van der Waals surface area (Å²) < 4.78 is 15.1. The number of fused-ring (bicyclic) bond motifs is 1. The zero-order valence-corrected chi connectivity index (χ0v) is 15.7. The van der Waals surface area contributed by atoms with Gasteiger partial charge in [0.1, 0.15) is 5.82 Å². The number of rotatable bonds is 4. The molecule has 3 rings (SSSR count). The van der Waals surface area contributed by atoms with Crippen LogP contribution in [0.25, 0.3) is 10.9 Å². The van der Waals surface area contributed by atoms with Crippen LogP contribution in [0.15, 0.2) is 18.7 Å². The van der Waals surface area contributed by atoms with Gasteiger partial charge >= 0.3 is 0 Å². The van der Waals surface area contributed by atoms with Gasteiger partial charge in [-0.15, -0.1) is 0 Å². The Balaban J connectivity index is 2.15. The van der Waals surface area contributed by atoms with Crippen LogP contribution < -0.4 is 16.0 Å². The third kappa shape index (κ3) is 3.46. The third-order valence-corrected chi connectivity index (χ3v) is 5.08. The first kappa shape index (κ1) is 19.8. The number of hydrogen-bond acceptors (Lipinski definition) is 5. The molecule has 1 fully saturated rings. The number of carbonyl (C=O) groups excluding carboxylic acids is 2. The molecular weight excluding hydrogens is 367 g/mol. The van der Waals surface area contributed by atoms with Crippen molar-refractivity contribution in [1.29, 1.82) is 0 Å². The number of aliphatic hydroxyl groups is 2. The summed E-state index contributed by atoms with van der Waals surface area (Å²) in [5, 5.41) is 23.6. The number of hydrogen-bond donors (Lipinski definition) is 5. The van der Waals surface area contributed by atoms with E-state index in [9.17, 15) is 19.8 Å². The molecule has 1 aliphatic heterocycles. The molecule has 1 atom stereocenters. The van der Waals surface area contributed by atoms with E-state index < -0.39 is 29.5 Å². The number of piperidine rings is 1. The molecule has 28 heavy (non-hydrogen) atoms. The number of anilines is 1. The largest absolute Gasteiger partial charge is 0.366 e. The molecule has 1 aromatic heterocycles. The second-order valence-electron chi connectivity index (χ2n) is 7.22. The van der Waals surface area contributed by atoms with Crippen LogP contribution in [-0.4, -0.2) is 51.9 Å². The lowest BCUT2D eigenvalue weighted by Gasteiger charge is -2.42. The quantitative estimate of drug-likeness (QED) is 0.385. The lowest BCUT2D eigenvalue weighted by Crippen LogP contribution is -2.58. The first-order chi connectivity index (χ1) is 13.0. The Labute approximate surface area is 160 Å². The average Bonchev–Trinajstić information content (AvgIpc) is 2.87. The van der Waals surface area contributed by atoms with Crippen molar-refractivity contribution in [2.45, 2.75) is 32.1 Å². The molecule has 9 heteroatoms. The fraction of sp³-hybridized carbons (Fsp3) is 0.368. The molecule has 0 spiro atoms. The molecule has 0 bridgehead atoms. The standard InChI is InChI=1S/C19H23FN4O4/c1-4-14(25)23-11-6-19(27,28)8-24(7-11)17-13(20)5-12(18(21)26)16-15(17)9(2)10(3)22-16/h4-5,11,22,27-28H,1,6-8H2,2-3H3,(H2,21,26)(H,23,25)/t11-/m0/s1. The minimum atomic E-state index is -2.14. The molecule has 0 unspecified atom stereocenters. The van der Waals surface area contributed by atoms with Crippen LogP contribution in [0.1, 0.15) is 28.0 Å². The highest BCUT2D eigenvalue weighted by Crippen LogP contribution is 2.38. The lowest BCUT2D eigenvalue weighted by atomic mass is 9.97. The van der Waals surface area contributed by atoms with Gasteiger partial charge in [0.25, 0.3) is 5.91 Å². The predicted octanol–water partition coefficient (Wildman–Crippen LogP) is 0.585. The number of carbonyl (C=O) groups is 2. The van der Waals surface area contributed by atoms with E-state index in [2.05, 4.69) is 16.9 Å². The van der Waals surface area contributed by atoms with Gasteiger partial charge < -0.3 is 31.1 Å². The summed E-state index contributed by atoms with van der Waals surface area (Å²) in [4.78, 5) is 27.9. The number of nitrogens with zero attached hydrogens (tertiary/aromatic N) is 1. The maximum absolute atomic E-state index is 15.1. The highest BCUT2D eigenvalue weighted by Gasteiger charge is 2.39. The second-order valence-corrected chi connectivity index (χ2v) is 7.22. The molecule has 1 aromatic carbocycles. The Morgan fingerprint density at radius 2 is 2.14 bits per heavy atom. The molecule has 2 aromatic rings. The summed E-state index contributed by atoms with van der Waals surface area (Å²) in [5.74, 6) is -4.09. The van der Waals surface area contributed by atoms with Crippen molar-refractivity contribution in [3.63, 3.8) is 0 Å². The number of nitrogens with one attached hydrogen (secondary N) is 2. The molecule has 2 amide bonds. The van der Waals surface area contributed by atoms with E-state index in [1.54, 1.807) is 13.8 Å². The van der Waals surface area contributed by atoms with E-state index in [1.807, 2.05) is 0 Å². The Hall–Kier alpha value is -2.91. The zero-order valence-electron chi connectivity index (χ0n) is 15.7. The van der Waals surface area contributed by atoms with Crippen molar-refractivity contribution in [3.05, 3.63) is 41.4 Å². The van der Waals surface area contributed by atoms with Crippen LogP contribution in [0.2, 0.25) is 0 Å². The van der Waals surface area contributed by atoms with Crippen LogP contribution in [0.3, 0.4) is 0 Å². The minimum absolute atomic E-state index is 0.0141. The van der Waals surface area contributed by atoms with Gasteiger partial charge in [0.05, 0.1) is 29.4 Å². The molecule has 0 saturated carbocycles. The summed E-state index contributed by atoms with van der Waals surface area (Å²) in [5.41, 5.74) is 7.36. The Kier molecular flexibility index (Phi) is 4.90. The average molecular weight is 390 g/mol. The number of aromatic amines is 1. The summed E-state index contributed by atoms with van der Waals surface area (Å²) in [6.07, 6.45) is 0.966. The van der Waals surface area contributed by atoms with Gasteiger partial charge in [0, 0.05) is 24.0 Å². The van der Waals surface area contributed by atoms with Crippen LogP contribution >= 0.6 is 0 Å². The van der Waals surface area contributed by atoms with Crippen molar-refractivity contribution in [2.75, 3.05) is 18.0 Å². The molecule has 1 aliphatic rings. The Bertz CT molecular complexity index is 982. The van der Waals surface area contributed by atoms with E-state index >= 15 is 4.39 Å². The minimum Gasteiger partial charge on any atom is -0.366 e. The van der Waals surface area contributed by atoms with Crippen LogP contribution in [-0.2, 0) is 4.79 Å². The second kappa shape index (κ2) is 6.92. The third-order valence-electron chi connectivity index (χ3n) is 5.08. The molecule has 2 heterocycles. The maximum Gasteiger partial charge on any atom is 0.250 e. The van der Waals surface area contributed by atoms with Crippen molar-refractivity contribution < 1.29 is 24.2 Å². The molecule has 8 nitrogen and oxygen atoms in total. The van der Waals surface area contributed by atoms with E-state index in [0.29, 0.717) is 16.5 Å². The van der Waals surface area contributed by atoms with E-state index in [0.717, 1.165) is 17.8 Å². The molecule has 1 saturated heterocycles. The van der Waals surface area contributed by atoms with E-state index in [-0.39, 0.29) is 30.8 Å². The van der Waals surface area contributed by atoms with Gasteiger partial charge in [-0.2, -0.15) is 0 Å². The highest BCUT2D eigenvalue weighted by atomic mass is 19.1. The van der Waals surface area contributed by atoms with Crippen molar-refractivity contribution in [2.24, 2.45) is 5.73 Å². The first-order valence-corrected chi connectivity index (χ1v) is 8.78. The Morgan fingerprint density at radius 1 is 1.46 bits per heavy atom. The fourth-order valence-corrected chi connectivity index (χ4v) is 3.79. The zero-order chi connectivity index (χ0) is 20.8. The van der Waals surface area contributed by atoms with E-state index in [1.165, 1.54) is 4.90 Å². The number of halogens is 1. The number of amides is 2. The smallest absolute Gasteiger partial charge is 0.250 e. The van der Waals surface area contributed by atoms with Gasteiger partial charge in [-0.1, -0.05) is 6.58 Å². The molecule has 0 aliphatic carbocycles. The van der Waals surface area contributed by atoms with Crippen molar-refractivity contribution in [1.82, 2.24) is 10.3 Å². The number of benzene rings is 1. The normalized spacial score (nSPS) is 18.9. The SMILES string of the molecule is C=CC(=O)N[C@@H]1CN(c2c(F)cc(C(N)=O)c3[nH]c(C)c(C)c23)CC(O)(O)C1. The number of H-pyrrole nitrogens is 1. The first-order valence-electron chi connectivity index (χ1n) is 8.78. The summed E-state index contributed by atoms with van der Waals surface area (Å²) in [6, 6.07) is 0.400. The maximum atomic E-state index is 15.1. The molecule has 150 valence electrons. The van der Waals surface area contributed by atoms with Crippen LogP contribution in [0.5, 0.6) is 0 Å². The van der Waals surface area contributed by atoms with Crippen LogP contribution in [0.4, 0.5) is 10.1 Å². The monoisotopic (exact) mass is 390 g/mol.